The van der Waals surface area contributed by atoms with Crippen LogP contribution in [0.1, 0.15) is 13.8 Å². The molecule has 1 aromatic rings. The molecule has 5 nitrogen and oxygen atoms in total. The van der Waals surface area contributed by atoms with Gasteiger partial charge in [-0.05, 0) is 0 Å². The van der Waals surface area contributed by atoms with Crippen LogP contribution >= 0.6 is 11.6 Å². The minimum Gasteiger partial charge on any atom is -0.297 e. The molecule has 1 aromatic heterocycles. The van der Waals surface area contributed by atoms with Gasteiger partial charge in [0, 0.05) is 12.1 Å². The number of hydrogen-bond donors (Lipinski definition) is 1. The maximum Gasteiger partial charge on any atom is 0.328 e. The first-order valence-corrected chi connectivity index (χ1v) is 4.81. The first-order chi connectivity index (χ1) is 6.91. The van der Waals surface area contributed by atoms with Crippen molar-refractivity contribution in [3.05, 3.63) is 32.1 Å². The lowest BCUT2D eigenvalue weighted by Gasteiger charge is -2.06. The Bertz CT molecular complexity index is 487. The Morgan fingerprint density at radius 1 is 1.53 bits per heavy atom. The van der Waals surface area contributed by atoms with Gasteiger partial charge < -0.3 is 0 Å². The van der Waals surface area contributed by atoms with Gasteiger partial charge in [0.2, 0.25) is 0 Å². The Morgan fingerprint density at radius 2 is 2.13 bits per heavy atom. The maximum absolute atomic E-state index is 11.4. The van der Waals surface area contributed by atoms with Gasteiger partial charge in [-0.3, -0.25) is 19.1 Å². The zero-order valence-corrected chi connectivity index (χ0v) is 9.17. The Kier molecular flexibility index (Phi) is 3.47. The SMILES string of the molecule is CC(C)C(=O)Cn1cc(Cl)c(=O)[nH]c1=O. The molecular formula is C9H11ClN2O3. The first kappa shape index (κ1) is 11.7. The van der Waals surface area contributed by atoms with Gasteiger partial charge in [-0.2, -0.15) is 0 Å². The Hall–Kier alpha value is -1.36. The molecule has 0 saturated heterocycles. The summed E-state index contributed by atoms with van der Waals surface area (Å²) in [7, 11) is 0. The molecule has 0 aliphatic heterocycles. The normalized spacial score (nSPS) is 10.7. The van der Waals surface area contributed by atoms with Crippen molar-refractivity contribution in [1.29, 1.82) is 0 Å². The number of aromatic nitrogens is 2. The van der Waals surface area contributed by atoms with Gasteiger partial charge in [-0.1, -0.05) is 25.4 Å². The number of aromatic amines is 1. The molecule has 0 amide bonds. The second-order valence-electron chi connectivity index (χ2n) is 3.49. The summed E-state index contributed by atoms with van der Waals surface area (Å²) in [4.78, 5) is 35.6. The van der Waals surface area contributed by atoms with Gasteiger partial charge in [0.15, 0.2) is 5.78 Å². The highest BCUT2D eigenvalue weighted by atomic mass is 35.5. The summed E-state index contributed by atoms with van der Waals surface area (Å²) < 4.78 is 1.09. The molecule has 0 aliphatic rings. The second kappa shape index (κ2) is 4.44. The van der Waals surface area contributed by atoms with E-state index in [1.165, 1.54) is 6.20 Å². The van der Waals surface area contributed by atoms with Gasteiger partial charge in [-0.25, -0.2) is 4.79 Å². The van der Waals surface area contributed by atoms with Crippen LogP contribution in [0.15, 0.2) is 15.8 Å². The van der Waals surface area contributed by atoms with Gasteiger partial charge >= 0.3 is 5.69 Å². The predicted molar refractivity (Wildman–Crippen MR) is 56.2 cm³/mol. The van der Waals surface area contributed by atoms with E-state index >= 15 is 0 Å². The summed E-state index contributed by atoms with van der Waals surface area (Å²) in [5.41, 5.74) is -1.27. The molecule has 15 heavy (non-hydrogen) atoms. The van der Waals surface area contributed by atoms with Crippen LogP contribution in [0, 0.1) is 5.92 Å². The maximum atomic E-state index is 11.4. The van der Waals surface area contributed by atoms with Crippen molar-refractivity contribution in [2.75, 3.05) is 0 Å². The average Bonchev–Trinajstić information content (AvgIpc) is 2.13. The predicted octanol–water partition coefficient (Wildman–Crippen LogP) is 0.415. The quantitative estimate of drug-likeness (QED) is 0.818. The number of nitrogens with one attached hydrogen (secondary N) is 1. The van der Waals surface area contributed by atoms with Crippen molar-refractivity contribution < 1.29 is 4.79 Å². The summed E-state index contributed by atoms with van der Waals surface area (Å²) in [6, 6.07) is 0. The van der Waals surface area contributed by atoms with Crippen molar-refractivity contribution in [1.82, 2.24) is 9.55 Å². The number of carbonyl (C=O) groups excluding carboxylic acids is 1. The van der Waals surface area contributed by atoms with Crippen LogP contribution < -0.4 is 11.2 Å². The first-order valence-electron chi connectivity index (χ1n) is 4.43. The van der Waals surface area contributed by atoms with Crippen molar-refractivity contribution in [3.63, 3.8) is 0 Å². The molecule has 1 rings (SSSR count). The summed E-state index contributed by atoms with van der Waals surface area (Å²) in [5.74, 6) is -0.261. The third-order valence-electron chi connectivity index (χ3n) is 1.94. The smallest absolute Gasteiger partial charge is 0.297 e. The number of H-pyrrole nitrogens is 1. The highest BCUT2D eigenvalue weighted by Crippen LogP contribution is 1.99. The summed E-state index contributed by atoms with van der Waals surface area (Å²) in [6.07, 6.45) is 1.17. The van der Waals surface area contributed by atoms with E-state index in [4.69, 9.17) is 11.6 Å². The zero-order chi connectivity index (χ0) is 11.6. The fraction of sp³-hybridized carbons (Fsp3) is 0.444. The van der Waals surface area contributed by atoms with Crippen LogP contribution in [0.2, 0.25) is 5.02 Å². The van der Waals surface area contributed by atoms with Crippen molar-refractivity contribution in [2.45, 2.75) is 20.4 Å². The minimum absolute atomic E-state index is 0.0764. The molecule has 0 atom stereocenters. The molecule has 1 N–H and O–H groups in total. The molecule has 0 saturated carbocycles. The Balaban J connectivity index is 3.07. The minimum atomic E-state index is -0.644. The van der Waals surface area contributed by atoms with Crippen LogP contribution in [0.5, 0.6) is 0 Å². The molecule has 0 radical (unpaired) electrons. The van der Waals surface area contributed by atoms with Crippen LogP contribution in [0.3, 0.4) is 0 Å². The van der Waals surface area contributed by atoms with Gasteiger partial charge in [0.25, 0.3) is 5.56 Å². The summed E-state index contributed by atoms with van der Waals surface area (Å²) >= 11 is 5.53. The number of halogens is 1. The number of nitrogens with zero attached hydrogens (tertiary/aromatic N) is 1. The zero-order valence-electron chi connectivity index (χ0n) is 8.41. The van der Waals surface area contributed by atoms with Gasteiger partial charge in [0.1, 0.15) is 5.02 Å². The average molecular weight is 231 g/mol. The third-order valence-corrected chi connectivity index (χ3v) is 2.21. The fourth-order valence-corrected chi connectivity index (χ4v) is 1.12. The lowest BCUT2D eigenvalue weighted by atomic mass is 10.1. The molecule has 0 aromatic carbocycles. The van der Waals surface area contributed by atoms with E-state index in [2.05, 4.69) is 0 Å². The van der Waals surface area contributed by atoms with Crippen molar-refractivity contribution in [2.24, 2.45) is 5.92 Å². The molecule has 1 heterocycles. The van der Waals surface area contributed by atoms with Gasteiger partial charge in [0.05, 0.1) is 6.54 Å². The molecule has 0 unspecified atom stereocenters. The lowest BCUT2D eigenvalue weighted by molar-refractivity contribution is -0.122. The lowest BCUT2D eigenvalue weighted by Crippen LogP contribution is -2.32. The second-order valence-corrected chi connectivity index (χ2v) is 3.89. The van der Waals surface area contributed by atoms with E-state index in [9.17, 15) is 14.4 Å². The van der Waals surface area contributed by atoms with Gasteiger partial charge in [-0.15, -0.1) is 0 Å². The molecule has 0 spiro atoms. The van der Waals surface area contributed by atoms with E-state index in [0.717, 1.165) is 4.57 Å². The van der Waals surface area contributed by atoms with Crippen LogP contribution in [0.4, 0.5) is 0 Å². The number of ketones is 1. The number of Topliss-reactive ketones (excluding diaryl/α,β-unsaturated/α-hetero) is 1. The van der Waals surface area contributed by atoms with Crippen LogP contribution in [0.25, 0.3) is 0 Å². The molecule has 0 bridgehead atoms. The molecule has 6 heteroatoms. The van der Waals surface area contributed by atoms with E-state index in [1.807, 2.05) is 4.98 Å². The highest BCUT2D eigenvalue weighted by molar-refractivity contribution is 6.30. The Labute approximate surface area is 90.7 Å². The molecular weight excluding hydrogens is 220 g/mol. The third kappa shape index (κ3) is 2.79. The van der Waals surface area contributed by atoms with E-state index in [-0.39, 0.29) is 23.3 Å². The largest absolute Gasteiger partial charge is 0.328 e. The highest BCUT2D eigenvalue weighted by Gasteiger charge is 2.10. The van der Waals surface area contributed by atoms with Crippen LogP contribution in [-0.4, -0.2) is 15.3 Å². The number of rotatable bonds is 3. The number of hydrogen-bond acceptors (Lipinski definition) is 3. The topological polar surface area (TPSA) is 71.9 Å². The molecule has 0 fully saturated rings. The summed E-state index contributed by atoms with van der Waals surface area (Å²) in [6.45, 7) is 3.40. The van der Waals surface area contributed by atoms with E-state index < -0.39 is 11.2 Å². The van der Waals surface area contributed by atoms with E-state index in [0.29, 0.717) is 0 Å². The number of carbonyl (C=O) groups is 1. The van der Waals surface area contributed by atoms with Crippen LogP contribution in [-0.2, 0) is 11.3 Å². The standard InChI is InChI=1S/C9H11ClN2O3/c1-5(2)7(13)4-12-3-6(10)8(14)11-9(12)15/h3,5H,4H2,1-2H3,(H,11,14,15). The summed E-state index contributed by atoms with van der Waals surface area (Å²) in [5, 5.41) is -0.105. The monoisotopic (exact) mass is 230 g/mol. The molecule has 0 aliphatic carbocycles. The Morgan fingerprint density at radius 3 is 2.67 bits per heavy atom. The fourth-order valence-electron chi connectivity index (χ4n) is 0.951. The van der Waals surface area contributed by atoms with E-state index in [1.54, 1.807) is 13.8 Å². The molecule has 82 valence electrons. The van der Waals surface area contributed by atoms with Crippen molar-refractivity contribution in [3.8, 4) is 0 Å². The van der Waals surface area contributed by atoms with Crippen molar-refractivity contribution >= 4 is 17.4 Å².